The van der Waals surface area contributed by atoms with Gasteiger partial charge in [0, 0.05) is 62.3 Å². The SMILES string of the molecule is O=C(NCCCN1CCN(c2cccc(Cl)c2)CC1)C1Cc2ccccc2CN1C(=O)C1CC1. The van der Waals surface area contributed by atoms with Crippen LogP contribution in [-0.2, 0) is 22.6 Å². The van der Waals surface area contributed by atoms with Gasteiger partial charge < -0.3 is 15.1 Å². The Morgan fingerprint density at radius 1 is 0.971 bits per heavy atom. The topological polar surface area (TPSA) is 55.9 Å². The molecule has 180 valence electrons. The predicted molar refractivity (Wildman–Crippen MR) is 135 cm³/mol. The van der Waals surface area contributed by atoms with Crippen LogP contribution in [0.5, 0.6) is 0 Å². The van der Waals surface area contributed by atoms with Crippen molar-refractivity contribution >= 4 is 29.1 Å². The minimum Gasteiger partial charge on any atom is -0.369 e. The van der Waals surface area contributed by atoms with E-state index in [0.717, 1.165) is 62.6 Å². The van der Waals surface area contributed by atoms with E-state index < -0.39 is 6.04 Å². The molecule has 34 heavy (non-hydrogen) atoms. The van der Waals surface area contributed by atoms with Crippen LogP contribution in [0, 0.1) is 5.92 Å². The first-order valence-corrected chi connectivity index (χ1v) is 12.8. The third-order valence-corrected chi connectivity index (χ3v) is 7.49. The summed E-state index contributed by atoms with van der Waals surface area (Å²) in [6.07, 6.45) is 3.42. The zero-order valence-electron chi connectivity index (χ0n) is 19.6. The van der Waals surface area contributed by atoms with Gasteiger partial charge in [-0.05, 0) is 55.1 Å². The monoisotopic (exact) mass is 480 g/mol. The van der Waals surface area contributed by atoms with Crippen LogP contribution >= 0.6 is 11.6 Å². The van der Waals surface area contributed by atoms with Crippen molar-refractivity contribution in [2.24, 2.45) is 5.92 Å². The average Bonchev–Trinajstić information content (AvgIpc) is 3.71. The molecule has 1 saturated heterocycles. The van der Waals surface area contributed by atoms with Gasteiger partial charge in [0.25, 0.3) is 0 Å². The first-order chi connectivity index (χ1) is 16.6. The molecule has 0 bridgehead atoms. The van der Waals surface area contributed by atoms with E-state index in [2.05, 4.69) is 33.3 Å². The second kappa shape index (κ2) is 10.4. The number of amides is 2. The molecule has 1 unspecified atom stereocenters. The Morgan fingerprint density at radius 2 is 1.74 bits per heavy atom. The van der Waals surface area contributed by atoms with E-state index in [1.165, 1.54) is 11.3 Å². The summed E-state index contributed by atoms with van der Waals surface area (Å²) in [6.45, 7) is 6.10. The van der Waals surface area contributed by atoms with Crippen LogP contribution in [0.1, 0.15) is 30.4 Å². The highest BCUT2D eigenvalue weighted by molar-refractivity contribution is 6.30. The molecule has 2 aliphatic heterocycles. The summed E-state index contributed by atoms with van der Waals surface area (Å²) < 4.78 is 0. The Labute approximate surface area is 206 Å². The Kier molecular flexibility index (Phi) is 7.07. The maximum atomic E-state index is 13.1. The number of nitrogens with zero attached hydrogens (tertiary/aromatic N) is 3. The third-order valence-electron chi connectivity index (χ3n) is 7.26. The molecule has 3 aliphatic rings. The molecule has 7 heteroatoms. The van der Waals surface area contributed by atoms with Gasteiger partial charge in [-0.25, -0.2) is 0 Å². The minimum absolute atomic E-state index is 0.0192. The summed E-state index contributed by atoms with van der Waals surface area (Å²) >= 11 is 6.14. The van der Waals surface area contributed by atoms with Gasteiger partial charge in [0.15, 0.2) is 0 Å². The number of carbonyl (C=O) groups is 2. The largest absolute Gasteiger partial charge is 0.369 e. The summed E-state index contributed by atoms with van der Waals surface area (Å²) in [5.41, 5.74) is 3.52. The van der Waals surface area contributed by atoms with Gasteiger partial charge in [0.2, 0.25) is 11.8 Å². The van der Waals surface area contributed by atoms with Gasteiger partial charge in [-0.2, -0.15) is 0 Å². The van der Waals surface area contributed by atoms with Crippen LogP contribution < -0.4 is 10.2 Å². The molecule has 1 N–H and O–H groups in total. The minimum atomic E-state index is -0.399. The number of hydrogen-bond donors (Lipinski definition) is 1. The van der Waals surface area contributed by atoms with Gasteiger partial charge in [-0.3, -0.25) is 14.5 Å². The summed E-state index contributed by atoms with van der Waals surface area (Å²) in [4.78, 5) is 32.7. The lowest BCUT2D eigenvalue weighted by Gasteiger charge is -2.37. The fourth-order valence-corrected chi connectivity index (χ4v) is 5.27. The second-order valence-corrected chi connectivity index (χ2v) is 10.1. The normalized spacial score (nSPS) is 20.7. The van der Waals surface area contributed by atoms with Crippen molar-refractivity contribution in [3.05, 3.63) is 64.7 Å². The molecule has 1 saturated carbocycles. The predicted octanol–water partition coefficient (Wildman–Crippen LogP) is 3.33. The van der Waals surface area contributed by atoms with Crippen molar-refractivity contribution in [2.75, 3.05) is 44.2 Å². The number of nitrogens with one attached hydrogen (secondary N) is 1. The van der Waals surface area contributed by atoms with Crippen LogP contribution in [-0.4, -0.2) is 66.9 Å². The van der Waals surface area contributed by atoms with Crippen molar-refractivity contribution < 1.29 is 9.59 Å². The molecule has 0 radical (unpaired) electrons. The summed E-state index contributed by atoms with van der Waals surface area (Å²) in [6, 6.07) is 15.8. The van der Waals surface area contributed by atoms with Crippen molar-refractivity contribution in [2.45, 2.75) is 38.3 Å². The van der Waals surface area contributed by atoms with E-state index in [1.807, 2.05) is 35.2 Å². The van der Waals surface area contributed by atoms with Crippen LogP contribution in [0.15, 0.2) is 48.5 Å². The number of benzene rings is 2. The number of hydrogen-bond acceptors (Lipinski definition) is 4. The van der Waals surface area contributed by atoms with Crippen molar-refractivity contribution in [3.63, 3.8) is 0 Å². The molecular weight excluding hydrogens is 448 g/mol. The van der Waals surface area contributed by atoms with Crippen molar-refractivity contribution in [3.8, 4) is 0 Å². The molecular formula is C27H33ClN4O2. The van der Waals surface area contributed by atoms with Crippen LogP contribution in [0.3, 0.4) is 0 Å². The van der Waals surface area contributed by atoms with E-state index >= 15 is 0 Å². The van der Waals surface area contributed by atoms with Gasteiger partial charge in [-0.15, -0.1) is 0 Å². The molecule has 6 nitrogen and oxygen atoms in total. The highest BCUT2D eigenvalue weighted by Gasteiger charge is 2.40. The maximum Gasteiger partial charge on any atom is 0.243 e. The fraction of sp³-hybridized carbons (Fsp3) is 0.481. The molecule has 2 fully saturated rings. The van der Waals surface area contributed by atoms with Gasteiger partial charge in [0.1, 0.15) is 6.04 Å². The van der Waals surface area contributed by atoms with E-state index in [1.54, 1.807) is 0 Å². The molecule has 2 amide bonds. The van der Waals surface area contributed by atoms with Crippen molar-refractivity contribution in [1.29, 1.82) is 0 Å². The van der Waals surface area contributed by atoms with Crippen molar-refractivity contribution in [1.82, 2.24) is 15.1 Å². The van der Waals surface area contributed by atoms with Gasteiger partial charge in [-0.1, -0.05) is 41.9 Å². The van der Waals surface area contributed by atoms with Crippen LogP contribution in [0.25, 0.3) is 0 Å². The lowest BCUT2D eigenvalue weighted by Crippen LogP contribution is -2.53. The zero-order valence-corrected chi connectivity index (χ0v) is 20.3. The molecule has 0 spiro atoms. The third kappa shape index (κ3) is 5.39. The van der Waals surface area contributed by atoms with E-state index in [9.17, 15) is 9.59 Å². The second-order valence-electron chi connectivity index (χ2n) is 9.68. The lowest BCUT2D eigenvalue weighted by atomic mass is 9.93. The fourth-order valence-electron chi connectivity index (χ4n) is 5.09. The Morgan fingerprint density at radius 3 is 2.47 bits per heavy atom. The van der Waals surface area contributed by atoms with Gasteiger partial charge in [0.05, 0.1) is 0 Å². The quantitative estimate of drug-likeness (QED) is 0.617. The van der Waals surface area contributed by atoms with Crippen LogP contribution in [0.2, 0.25) is 5.02 Å². The van der Waals surface area contributed by atoms with Gasteiger partial charge >= 0.3 is 0 Å². The van der Waals surface area contributed by atoms with E-state index in [-0.39, 0.29) is 17.7 Å². The molecule has 2 aromatic carbocycles. The number of fused-ring (bicyclic) bond motifs is 1. The molecule has 5 rings (SSSR count). The number of carbonyl (C=O) groups excluding carboxylic acids is 2. The summed E-state index contributed by atoms with van der Waals surface area (Å²) in [5.74, 6) is 0.243. The number of piperazine rings is 1. The molecule has 2 heterocycles. The zero-order chi connectivity index (χ0) is 23.5. The number of anilines is 1. The lowest BCUT2D eigenvalue weighted by molar-refractivity contribution is -0.142. The first-order valence-electron chi connectivity index (χ1n) is 12.5. The van der Waals surface area contributed by atoms with E-state index in [0.29, 0.717) is 19.5 Å². The molecule has 1 atom stereocenters. The first kappa shape index (κ1) is 23.2. The molecule has 0 aromatic heterocycles. The number of rotatable bonds is 7. The molecule has 2 aromatic rings. The molecule has 1 aliphatic carbocycles. The average molecular weight is 481 g/mol. The number of halogens is 1. The Balaban J connectivity index is 1.09. The summed E-state index contributed by atoms with van der Waals surface area (Å²) in [7, 11) is 0. The Hall–Kier alpha value is -2.57. The Bertz CT molecular complexity index is 1030. The van der Waals surface area contributed by atoms with Crippen LogP contribution in [0.4, 0.5) is 5.69 Å². The smallest absolute Gasteiger partial charge is 0.243 e. The standard InChI is InChI=1S/C27H33ClN4O2/c28-23-7-3-8-24(18-23)31-15-13-30(14-16-31)12-4-11-29-26(33)25-17-21-5-1-2-6-22(21)19-32(25)27(34)20-9-10-20/h1-3,5-8,18,20,25H,4,9-17,19H2,(H,29,33). The summed E-state index contributed by atoms with van der Waals surface area (Å²) in [5, 5.41) is 3.90. The maximum absolute atomic E-state index is 13.1. The highest BCUT2D eigenvalue weighted by Crippen LogP contribution is 2.34. The van der Waals surface area contributed by atoms with E-state index in [4.69, 9.17) is 11.6 Å². The highest BCUT2D eigenvalue weighted by atomic mass is 35.5.